The molecule has 0 atom stereocenters. The van der Waals surface area contributed by atoms with E-state index >= 15 is 0 Å². The molecule has 0 saturated carbocycles. The van der Waals surface area contributed by atoms with Gasteiger partial charge in [-0.3, -0.25) is 0 Å². The predicted molar refractivity (Wildman–Crippen MR) is 172 cm³/mol. The highest BCUT2D eigenvalue weighted by molar-refractivity contribution is 6.20. The molecule has 0 bridgehead atoms. The summed E-state index contributed by atoms with van der Waals surface area (Å²) in [5, 5.41) is 13.4. The van der Waals surface area contributed by atoms with Crippen LogP contribution in [0.2, 0.25) is 0 Å². The SMILES string of the molecule is c1ccc(-c2ccc3ccc4ccc(-c5ccc6c(c5)nc(-c5ccccc5)c5ccc7nonc7c56)nc4c3n2)cc1. The third-order valence-corrected chi connectivity index (χ3v) is 8.11. The van der Waals surface area contributed by atoms with Crippen molar-refractivity contribution in [2.45, 2.75) is 0 Å². The highest BCUT2D eigenvalue weighted by Gasteiger charge is 2.17. The predicted octanol–water partition coefficient (Wildman–Crippen LogP) is 9.02. The van der Waals surface area contributed by atoms with Crippen LogP contribution in [0.25, 0.3) is 88.3 Å². The molecule has 0 aliphatic rings. The third-order valence-electron chi connectivity index (χ3n) is 8.11. The Morgan fingerprint density at radius 2 is 1.05 bits per heavy atom. The second-order valence-electron chi connectivity index (χ2n) is 10.6. The first-order valence-corrected chi connectivity index (χ1v) is 14.1. The number of nitrogens with zero attached hydrogens (tertiary/aromatic N) is 5. The number of fused-ring (bicyclic) bond motifs is 8. The Morgan fingerprint density at radius 1 is 0.419 bits per heavy atom. The number of hydrogen-bond acceptors (Lipinski definition) is 6. The van der Waals surface area contributed by atoms with Crippen molar-refractivity contribution in [2.75, 3.05) is 0 Å². The van der Waals surface area contributed by atoms with E-state index in [9.17, 15) is 0 Å². The first kappa shape index (κ1) is 23.7. The van der Waals surface area contributed by atoms with E-state index < -0.39 is 0 Å². The summed E-state index contributed by atoms with van der Waals surface area (Å²) in [5.41, 5.74) is 9.82. The standard InChI is InChI=1S/C37H21N5O/c1-3-7-22(8-4-1)29-18-14-24-11-12-25-15-19-30(39-36(25)35(24)38-29)26-13-16-27-32(21-26)40-34(23-9-5-2-6-10-23)28-17-20-31-37(33(27)28)42-43-41-31/h1-21H. The van der Waals surface area contributed by atoms with Crippen LogP contribution >= 0.6 is 0 Å². The molecule has 5 aromatic carbocycles. The third kappa shape index (κ3) is 3.77. The van der Waals surface area contributed by atoms with Crippen LogP contribution in [0.3, 0.4) is 0 Å². The molecule has 4 aromatic heterocycles. The maximum Gasteiger partial charge on any atom is 0.143 e. The molecule has 0 spiro atoms. The molecular formula is C37H21N5O. The minimum atomic E-state index is 0.716. The fourth-order valence-corrected chi connectivity index (χ4v) is 6.01. The van der Waals surface area contributed by atoms with Crippen LogP contribution in [0.1, 0.15) is 0 Å². The Kier molecular flexibility index (Phi) is 5.10. The smallest absolute Gasteiger partial charge is 0.143 e. The second kappa shape index (κ2) is 9.26. The molecule has 0 aliphatic heterocycles. The Balaban J connectivity index is 1.27. The first-order valence-electron chi connectivity index (χ1n) is 14.1. The first-order chi connectivity index (χ1) is 21.3. The van der Waals surface area contributed by atoms with Gasteiger partial charge in [0.2, 0.25) is 0 Å². The molecule has 0 fully saturated rings. The van der Waals surface area contributed by atoms with Crippen LogP contribution in [0, 0.1) is 0 Å². The van der Waals surface area contributed by atoms with E-state index in [1.165, 1.54) is 0 Å². The van der Waals surface area contributed by atoms with Crippen LogP contribution in [0.5, 0.6) is 0 Å². The number of rotatable bonds is 3. The van der Waals surface area contributed by atoms with E-state index in [2.05, 4.69) is 95.2 Å². The van der Waals surface area contributed by atoms with Crippen molar-refractivity contribution in [1.29, 1.82) is 0 Å². The van der Waals surface area contributed by atoms with Gasteiger partial charge in [0.25, 0.3) is 0 Å². The van der Waals surface area contributed by atoms with Gasteiger partial charge in [-0.05, 0) is 40.6 Å². The van der Waals surface area contributed by atoms with Gasteiger partial charge in [-0.1, -0.05) is 97.1 Å². The molecular weight excluding hydrogens is 530 g/mol. The highest BCUT2D eigenvalue weighted by atomic mass is 16.6. The normalized spacial score (nSPS) is 11.7. The molecule has 0 unspecified atom stereocenters. The monoisotopic (exact) mass is 551 g/mol. The van der Waals surface area contributed by atoms with Crippen LogP contribution in [-0.4, -0.2) is 25.3 Å². The van der Waals surface area contributed by atoms with Crippen molar-refractivity contribution >= 4 is 54.5 Å². The molecule has 43 heavy (non-hydrogen) atoms. The average Bonchev–Trinajstić information content (AvgIpc) is 3.57. The minimum Gasteiger partial charge on any atom is -0.247 e. The van der Waals surface area contributed by atoms with Crippen molar-refractivity contribution in [3.8, 4) is 33.8 Å². The van der Waals surface area contributed by atoms with Gasteiger partial charge in [0.15, 0.2) is 0 Å². The van der Waals surface area contributed by atoms with E-state index in [1.807, 2.05) is 42.5 Å². The van der Waals surface area contributed by atoms with Crippen molar-refractivity contribution < 1.29 is 4.63 Å². The number of aromatic nitrogens is 5. The molecule has 0 amide bonds. The maximum absolute atomic E-state index is 5.19. The number of hydrogen-bond donors (Lipinski definition) is 0. The second-order valence-corrected chi connectivity index (χ2v) is 10.6. The molecule has 0 saturated heterocycles. The van der Waals surface area contributed by atoms with Crippen molar-refractivity contribution in [3.05, 3.63) is 127 Å². The summed E-state index contributed by atoms with van der Waals surface area (Å²) in [5.74, 6) is 0. The molecule has 6 heteroatoms. The Bertz CT molecular complexity index is 2510. The van der Waals surface area contributed by atoms with Gasteiger partial charge in [0.1, 0.15) is 11.0 Å². The van der Waals surface area contributed by atoms with E-state index in [-0.39, 0.29) is 0 Å². The number of pyridine rings is 3. The van der Waals surface area contributed by atoms with E-state index in [0.717, 1.165) is 82.8 Å². The maximum atomic E-state index is 5.19. The molecule has 9 aromatic rings. The summed E-state index contributed by atoms with van der Waals surface area (Å²) in [6.45, 7) is 0. The zero-order valence-electron chi connectivity index (χ0n) is 22.8. The number of benzene rings is 5. The van der Waals surface area contributed by atoms with Crippen molar-refractivity contribution in [2.24, 2.45) is 0 Å². The molecule has 0 aliphatic carbocycles. The van der Waals surface area contributed by atoms with Gasteiger partial charge >= 0.3 is 0 Å². The quantitative estimate of drug-likeness (QED) is 0.204. The minimum absolute atomic E-state index is 0.716. The van der Waals surface area contributed by atoms with E-state index in [1.54, 1.807) is 0 Å². The van der Waals surface area contributed by atoms with Gasteiger partial charge in [0, 0.05) is 43.6 Å². The average molecular weight is 552 g/mol. The molecule has 6 nitrogen and oxygen atoms in total. The van der Waals surface area contributed by atoms with Crippen LogP contribution in [0.4, 0.5) is 0 Å². The zero-order valence-corrected chi connectivity index (χ0v) is 22.8. The van der Waals surface area contributed by atoms with E-state index in [4.69, 9.17) is 19.6 Å². The fourth-order valence-electron chi connectivity index (χ4n) is 6.01. The van der Waals surface area contributed by atoms with E-state index in [0.29, 0.717) is 5.52 Å². The van der Waals surface area contributed by atoms with Crippen molar-refractivity contribution in [3.63, 3.8) is 0 Å². The van der Waals surface area contributed by atoms with Crippen LogP contribution < -0.4 is 0 Å². The summed E-state index contributed by atoms with van der Waals surface area (Å²) < 4.78 is 5.14. The Hall–Kier alpha value is -6.01. The van der Waals surface area contributed by atoms with Gasteiger partial charge in [-0.2, -0.15) is 0 Å². The molecule has 0 N–H and O–H groups in total. The van der Waals surface area contributed by atoms with Gasteiger partial charge in [-0.15, -0.1) is 0 Å². The summed E-state index contributed by atoms with van der Waals surface area (Å²) in [6, 6.07) is 43.3. The lowest BCUT2D eigenvalue weighted by molar-refractivity contribution is 0.316. The summed E-state index contributed by atoms with van der Waals surface area (Å²) >= 11 is 0. The summed E-state index contributed by atoms with van der Waals surface area (Å²) in [6.07, 6.45) is 0. The molecule has 9 rings (SSSR count). The Morgan fingerprint density at radius 3 is 1.77 bits per heavy atom. The zero-order chi connectivity index (χ0) is 28.3. The van der Waals surface area contributed by atoms with Gasteiger partial charge in [-0.25, -0.2) is 19.6 Å². The fraction of sp³-hybridized carbons (Fsp3) is 0. The highest BCUT2D eigenvalue weighted by Crippen LogP contribution is 2.37. The lowest BCUT2D eigenvalue weighted by Gasteiger charge is -2.12. The summed E-state index contributed by atoms with van der Waals surface area (Å²) in [4.78, 5) is 15.4. The lowest BCUT2D eigenvalue weighted by Crippen LogP contribution is -1.93. The molecule has 200 valence electrons. The van der Waals surface area contributed by atoms with Crippen molar-refractivity contribution in [1.82, 2.24) is 25.3 Å². The summed E-state index contributed by atoms with van der Waals surface area (Å²) in [7, 11) is 0. The lowest BCUT2D eigenvalue weighted by atomic mass is 9.97. The topological polar surface area (TPSA) is 77.6 Å². The largest absolute Gasteiger partial charge is 0.247 e. The van der Waals surface area contributed by atoms with Crippen LogP contribution in [-0.2, 0) is 0 Å². The molecule has 0 radical (unpaired) electrons. The molecule has 4 heterocycles. The van der Waals surface area contributed by atoms with Gasteiger partial charge < -0.3 is 0 Å². The van der Waals surface area contributed by atoms with Crippen LogP contribution in [0.15, 0.2) is 132 Å². The van der Waals surface area contributed by atoms with Gasteiger partial charge in [0.05, 0.1) is 33.6 Å². The Labute approximate surface area is 245 Å².